The highest BCUT2D eigenvalue weighted by atomic mass is 16.7. The van der Waals surface area contributed by atoms with Gasteiger partial charge in [0.1, 0.15) is 24.4 Å². The van der Waals surface area contributed by atoms with E-state index in [1.807, 2.05) is 6.08 Å². The molecule has 1 heterocycles. The molecule has 6 nitrogen and oxygen atoms in total. The van der Waals surface area contributed by atoms with Crippen LogP contribution in [0.4, 0.5) is 0 Å². The molecule has 0 saturated carbocycles. The predicted molar refractivity (Wildman–Crippen MR) is 128 cm³/mol. The molecule has 0 aliphatic carbocycles. The van der Waals surface area contributed by atoms with Crippen molar-refractivity contribution < 1.29 is 29.9 Å². The van der Waals surface area contributed by atoms with Crippen LogP contribution in [-0.2, 0) is 9.47 Å². The van der Waals surface area contributed by atoms with E-state index in [1.54, 1.807) is 0 Å². The first kappa shape index (κ1) is 29.5. The van der Waals surface area contributed by atoms with Crippen LogP contribution in [0, 0.1) is 17.8 Å². The van der Waals surface area contributed by atoms with E-state index in [2.05, 4.69) is 34.6 Å². The van der Waals surface area contributed by atoms with Gasteiger partial charge in [0, 0.05) is 0 Å². The summed E-state index contributed by atoms with van der Waals surface area (Å²) < 4.78 is 10.9. The van der Waals surface area contributed by atoms with Crippen molar-refractivity contribution in [1.29, 1.82) is 0 Å². The Morgan fingerprint density at radius 3 is 1.97 bits per heavy atom. The Bertz CT molecular complexity index is 507. The SMILES string of the molecule is CC(=CCOC1OC(CO)C(O)C(O)C1O)CCCC(C)CCCC(C)CCCC(C)C. The van der Waals surface area contributed by atoms with E-state index >= 15 is 0 Å². The van der Waals surface area contributed by atoms with Crippen LogP contribution in [0.3, 0.4) is 0 Å². The molecule has 6 heteroatoms. The first-order chi connectivity index (χ1) is 15.1. The van der Waals surface area contributed by atoms with Crippen molar-refractivity contribution in [2.75, 3.05) is 13.2 Å². The lowest BCUT2D eigenvalue weighted by Gasteiger charge is -2.39. The molecule has 0 amide bonds. The number of ether oxygens (including phenoxy) is 2. The molecule has 7 atom stereocenters. The monoisotopic (exact) mass is 458 g/mol. The predicted octanol–water partition coefficient (Wildman–Crippen LogP) is 4.19. The van der Waals surface area contributed by atoms with Gasteiger partial charge in [-0.15, -0.1) is 0 Å². The molecular formula is C26H50O6. The molecule has 1 rings (SSSR count). The van der Waals surface area contributed by atoms with Gasteiger partial charge in [-0.25, -0.2) is 0 Å². The maximum Gasteiger partial charge on any atom is 0.187 e. The van der Waals surface area contributed by atoms with E-state index in [0.717, 1.165) is 30.6 Å². The molecule has 1 saturated heterocycles. The Morgan fingerprint density at radius 1 is 0.844 bits per heavy atom. The van der Waals surface area contributed by atoms with Crippen LogP contribution in [0.1, 0.15) is 92.4 Å². The second-order valence-electron chi connectivity index (χ2n) is 10.4. The summed E-state index contributed by atoms with van der Waals surface area (Å²) >= 11 is 0. The van der Waals surface area contributed by atoms with Crippen LogP contribution < -0.4 is 0 Å². The number of allylic oxidation sites excluding steroid dienone is 1. The molecule has 1 fully saturated rings. The van der Waals surface area contributed by atoms with Gasteiger partial charge in [-0.05, 0) is 37.5 Å². The molecule has 7 unspecified atom stereocenters. The van der Waals surface area contributed by atoms with Gasteiger partial charge in [-0.2, -0.15) is 0 Å². The van der Waals surface area contributed by atoms with E-state index in [-0.39, 0.29) is 6.61 Å². The van der Waals surface area contributed by atoms with Crippen molar-refractivity contribution in [2.24, 2.45) is 17.8 Å². The second kappa shape index (κ2) is 16.2. The van der Waals surface area contributed by atoms with Crippen molar-refractivity contribution in [3.8, 4) is 0 Å². The van der Waals surface area contributed by atoms with Gasteiger partial charge in [0.2, 0.25) is 0 Å². The number of rotatable bonds is 16. The van der Waals surface area contributed by atoms with Gasteiger partial charge in [0.25, 0.3) is 0 Å². The Balaban J connectivity index is 2.17. The summed E-state index contributed by atoms with van der Waals surface area (Å²) in [6, 6.07) is 0. The van der Waals surface area contributed by atoms with E-state index in [0.29, 0.717) is 0 Å². The van der Waals surface area contributed by atoms with Gasteiger partial charge in [-0.1, -0.05) is 84.3 Å². The van der Waals surface area contributed by atoms with E-state index in [1.165, 1.54) is 50.5 Å². The molecular weight excluding hydrogens is 408 g/mol. The van der Waals surface area contributed by atoms with Gasteiger partial charge in [0.05, 0.1) is 13.2 Å². The van der Waals surface area contributed by atoms with Crippen molar-refractivity contribution in [1.82, 2.24) is 0 Å². The summed E-state index contributed by atoms with van der Waals surface area (Å²) in [7, 11) is 0. The molecule has 4 N–H and O–H groups in total. The fourth-order valence-corrected chi connectivity index (χ4v) is 4.30. The molecule has 1 aliphatic heterocycles. The summed E-state index contributed by atoms with van der Waals surface area (Å²) in [5.41, 5.74) is 1.22. The van der Waals surface area contributed by atoms with Gasteiger partial charge in [-0.3, -0.25) is 0 Å². The van der Waals surface area contributed by atoms with Crippen LogP contribution >= 0.6 is 0 Å². The molecule has 32 heavy (non-hydrogen) atoms. The molecule has 0 spiro atoms. The van der Waals surface area contributed by atoms with Crippen LogP contribution in [-0.4, -0.2) is 64.3 Å². The molecule has 1 aliphatic rings. The van der Waals surface area contributed by atoms with Gasteiger partial charge < -0.3 is 29.9 Å². The summed E-state index contributed by atoms with van der Waals surface area (Å²) in [6.45, 7) is 11.2. The summed E-state index contributed by atoms with van der Waals surface area (Å²) in [4.78, 5) is 0. The average molecular weight is 459 g/mol. The van der Waals surface area contributed by atoms with E-state index in [4.69, 9.17) is 9.47 Å². The van der Waals surface area contributed by atoms with Crippen molar-refractivity contribution in [3.05, 3.63) is 11.6 Å². The number of hydrogen-bond acceptors (Lipinski definition) is 6. The third-order valence-electron chi connectivity index (χ3n) is 6.68. The number of hydrogen-bond donors (Lipinski definition) is 4. The fraction of sp³-hybridized carbons (Fsp3) is 0.923. The highest BCUT2D eigenvalue weighted by molar-refractivity contribution is 4.98. The molecule has 0 aromatic heterocycles. The Labute approximate surface area is 196 Å². The highest BCUT2D eigenvalue weighted by Gasteiger charge is 2.43. The maximum atomic E-state index is 10.00. The molecule has 190 valence electrons. The third-order valence-corrected chi connectivity index (χ3v) is 6.68. The summed E-state index contributed by atoms with van der Waals surface area (Å²) in [5, 5.41) is 38.8. The minimum Gasteiger partial charge on any atom is -0.394 e. The van der Waals surface area contributed by atoms with Crippen molar-refractivity contribution in [2.45, 2.75) is 123 Å². The lowest BCUT2D eigenvalue weighted by atomic mass is 9.91. The quantitative estimate of drug-likeness (QED) is 0.259. The maximum absolute atomic E-state index is 10.00. The Kier molecular flexibility index (Phi) is 14.9. The van der Waals surface area contributed by atoms with Gasteiger partial charge >= 0.3 is 0 Å². The summed E-state index contributed by atoms with van der Waals surface area (Å²) in [6.07, 6.45) is 7.27. The minimum atomic E-state index is -1.40. The second-order valence-corrected chi connectivity index (χ2v) is 10.4. The lowest BCUT2D eigenvalue weighted by Crippen LogP contribution is -2.59. The minimum absolute atomic E-state index is 0.249. The molecule has 0 radical (unpaired) electrons. The zero-order valence-corrected chi connectivity index (χ0v) is 21.1. The largest absolute Gasteiger partial charge is 0.394 e. The fourth-order valence-electron chi connectivity index (χ4n) is 4.30. The highest BCUT2D eigenvalue weighted by Crippen LogP contribution is 2.23. The first-order valence-corrected chi connectivity index (χ1v) is 12.7. The smallest absolute Gasteiger partial charge is 0.187 e. The molecule has 0 bridgehead atoms. The van der Waals surface area contributed by atoms with E-state index in [9.17, 15) is 20.4 Å². The van der Waals surface area contributed by atoms with E-state index < -0.39 is 37.3 Å². The zero-order valence-electron chi connectivity index (χ0n) is 21.1. The van der Waals surface area contributed by atoms with Crippen LogP contribution in [0.2, 0.25) is 0 Å². The zero-order chi connectivity index (χ0) is 24.1. The van der Waals surface area contributed by atoms with Crippen LogP contribution in [0.15, 0.2) is 11.6 Å². The van der Waals surface area contributed by atoms with Crippen molar-refractivity contribution >= 4 is 0 Å². The van der Waals surface area contributed by atoms with Crippen LogP contribution in [0.5, 0.6) is 0 Å². The standard InChI is InChI=1S/C26H50O6/c1-18(2)9-6-10-19(3)11-7-12-20(4)13-8-14-21(5)15-16-31-26-25(30)24(29)23(28)22(17-27)32-26/h15,18-20,22-30H,6-14,16-17H2,1-5H3. The first-order valence-electron chi connectivity index (χ1n) is 12.7. The van der Waals surface area contributed by atoms with Crippen LogP contribution in [0.25, 0.3) is 0 Å². The third kappa shape index (κ3) is 11.6. The topological polar surface area (TPSA) is 99.4 Å². The van der Waals surface area contributed by atoms with Crippen molar-refractivity contribution in [3.63, 3.8) is 0 Å². The lowest BCUT2D eigenvalue weighted by molar-refractivity contribution is -0.298. The number of aliphatic hydroxyl groups is 4. The molecule has 0 aromatic rings. The Hall–Kier alpha value is -0.500. The normalized spacial score (nSPS) is 28.8. The van der Waals surface area contributed by atoms with Gasteiger partial charge in [0.15, 0.2) is 6.29 Å². The number of aliphatic hydroxyl groups excluding tert-OH is 4. The molecule has 0 aromatic carbocycles. The average Bonchev–Trinajstić information content (AvgIpc) is 2.73. The summed E-state index contributed by atoms with van der Waals surface area (Å²) in [5.74, 6) is 2.41. The Morgan fingerprint density at radius 2 is 1.41 bits per heavy atom.